The average molecular weight is 310 g/mol. The van der Waals surface area contributed by atoms with Crippen LogP contribution in [0.25, 0.3) is 0 Å². The zero-order valence-electron chi connectivity index (χ0n) is 18.4. The van der Waals surface area contributed by atoms with Gasteiger partial charge in [-0.15, -0.1) is 0 Å². The SMILES string of the molecule is CC(C)(C)c1ccc(OP(=O)(O)O)c(C(C)(C)C)c1.[H-].[H-].[H-].[Li+].[Li+].[Li+]. The van der Waals surface area contributed by atoms with Crippen LogP contribution < -0.4 is 61.1 Å². The van der Waals surface area contributed by atoms with Gasteiger partial charge in [0.05, 0.1) is 0 Å². The molecule has 0 aliphatic heterocycles. The first-order valence-corrected chi connectivity index (χ1v) is 7.74. The molecular weight excluding hydrogens is 284 g/mol. The maximum absolute atomic E-state index is 11.0. The summed E-state index contributed by atoms with van der Waals surface area (Å²) in [5.41, 5.74) is 1.62. The monoisotopic (exact) mass is 310 g/mol. The molecule has 8 heteroatoms. The largest absolute Gasteiger partial charge is 1.00 e. The van der Waals surface area contributed by atoms with Gasteiger partial charge in [0.15, 0.2) is 0 Å². The predicted octanol–water partition coefficient (Wildman–Crippen LogP) is -4.90. The van der Waals surface area contributed by atoms with Crippen LogP contribution in [-0.2, 0) is 15.4 Å². The molecule has 0 amide bonds. The quantitative estimate of drug-likeness (QED) is 0.425. The van der Waals surface area contributed by atoms with Gasteiger partial charge in [-0.05, 0) is 22.5 Å². The molecule has 0 aliphatic carbocycles. The first-order valence-electron chi connectivity index (χ1n) is 6.21. The van der Waals surface area contributed by atoms with Gasteiger partial charge in [-0.3, -0.25) is 9.79 Å². The molecule has 0 atom stereocenters. The summed E-state index contributed by atoms with van der Waals surface area (Å²) in [5, 5.41) is 0. The van der Waals surface area contributed by atoms with Crippen LogP contribution in [0.5, 0.6) is 5.75 Å². The van der Waals surface area contributed by atoms with E-state index in [1.165, 1.54) is 0 Å². The van der Waals surface area contributed by atoms with Crippen molar-refractivity contribution in [1.29, 1.82) is 0 Å². The van der Waals surface area contributed by atoms with E-state index in [1.54, 1.807) is 6.07 Å². The Morgan fingerprint density at radius 3 is 1.73 bits per heavy atom. The van der Waals surface area contributed by atoms with Crippen molar-refractivity contribution in [3.05, 3.63) is 29.3 Å². The average Bonchev–Trinajstić information content (AvgIpc) is 2.11. The zero-order chi connectivity index (χ0) is 15.1. The number of phosphoric acid groups is 1. The molecule has 0 saturated heterocycles. The minimum atomic E-state index is -4.54. The summed E-state index contributed by atoms with van der Waals surface area (Å²) >= 11 is 0. The van der Waals surface area contributed by atoms with Crippen molar-refractivity contribution in [3.63, 3.8) is 0 Å². The number of hydrogen-bond acceptors (Lipinski definition) is 2. The van der Waals surface area contributed by atoms with Crippen molar-refractivity contribution in [3.8, 4) is 5.75 Å². The van der Waals surface area contributed by atoms with Crippen LogP contribution >= 0.6 is 7.82 Å². The smallest absolute Gasteiger partial charge is 1.00 e. The van der Waals surface area contributed by atoms with E-state index >= 15 is 0 Å². The third-order valence-corrected chi connectivity index (χ3v) is 3.31. The molecule has 0 spiro atoms. The van der Waals surface area contributed by atoms with Crippen molar-refractivity contribution in [2.24, 2.45) is 0 Å². The van der Waals surface area contributed by atoms with Crippen molar-refractivity contribution in [2.75, 3.05) is 0 Å². The Labute approximate surface area is 174 Å². The molecule has 0 fully saturated rings. The van der Waals surface area contributed by atoms with Crippen LogP contribution in [-0.4, -0.2) is 9.79 Å². The van der Waals surface area contributed by atoms with Crippen LogP contribution in [0.1, 0.15) is 56.9 Å². The van der Waals surface area contributed by atoms with Gasteiger partial charge in [0.25, 0.3) is 0 Å². The number of hydrogen-bond donors (Lipinski definition) is 2. The number of benzene rings is 1. The van der Waals surface area contributed by atoms with Crippen LogP contribution in [0.2, 0.25) is 0 Å². The number of phosphoric ester groups is 1. The summed E-state index contributed by atoms with van der Waals surface area (Å²) in [6.45, 7) is 12.2. The molecule has 114 valence electrons. The molecule has 4 nitrogen and oxygen atoms in total. The second-order valence-corrected chi connectivity index (χ2v) is 7.96. The predicted molar refractivity (Wildman–Crippen MR) is 79.9 cm³/mol. The van der Waals surface area contributed by atoms with Gasteiger partial charge < -0.3 is 8.80 Å². The summed E-state index contributed by atoms with van der Waals surface area (Å²) < 4.78 is 15.8. The Balaban J connectivity index is -0.000000150. The van der Waals surface area contributed by atoms with Gasteiger partial charge in [-0.2, -0.15) is 0 Å². The zero-order valence-corrected chi connectivity index (χ0v) is 16.3. The molecule has 0 heterocycles. The minimum Gasteiger partial charge on any atom is -1.00 e. The molecular formula is C14H26Li3O4P. The third kappa shape index (κ3) is 8.71. The van der Waals surface area contributed by atoms with Gasteiger partial charge >= 0.3 is 64.4 Å². The molecule has 0 aromatic heterocycles. The summed E-state index contributed by atoms with van der Waals surface area (Å²) in [6, 6.07) is 5.45. The molecule has 0 bridgehead atoms. The fourth-order valence-electron chi connectivity index (χ4n) is 1.79. The first kappa shape index (κ1) is 27.8. The van der Waals surface area contributed by atoms with Crippen LogP contribution in [0, 0.1) is 0 Å². The summed E-state index contributed by atoms with van der Waals surface area (Å²) in [6.07, 6.45) is 0. The molecule has 22 heavy (non-hydrogen) atoms. The fraction of sp³-hybridized carbons (Fsp3) is 0.571. The Bertz CT molecular complexity index is 529. The number of rotatable bonds is 2. The van der Waals surface area contributed by atoms with E-state index in [1.807, 2.05) is 32.9 Å². The molecule has 1 aromatic rings. The fourth-order valence-corrected chi connectivity index (χ4v) is 2.21. The standard InChI is InChI=1S/C14H23O4P.3Li.3H/c1-13(2,3)10-7-8-12(18-19(15,16)17)11(9-10)14(4,5)6;;;;;;/h7-9H,1-6H3,(H2,15,16,17);;;;;;/q;3*+1;3*-1. The van der Waals surface area contributed by atoms with Crippen molar-refractivity contribution in [1.82, 2.24) is 0 Å². The van der Waals surface area contributed by atoms with Gasteiger partial charge in [-0.25, -0.2) is 4.57 Å². The Morgan fingerprint density at radius 2 is 1.41 bits per heavy atom. The molecule has 2 N–H and O–H groups in total. The topological polar surface area (TPSA) is 66.8 Å². The molecule has 0 aliphatic rings. The first-order chi connectivity index (χ1) is 8.31. The van der Waals surface area contributed by atoms with Gasteiger partial charge in [-0.1, -0.05) is 53.7 Å². The van der Waals surface area contributed by atoms with E-state index in [-0.39, 0.29) is 77.4 Å². The van der Waals surface area contributed by atoms with Gasteiger partial charge in [0.2, 0.25) is 0 Å². The van der Waals surface area contributed by atoms with E-state index in [2.05, 4.69) is 20.8 Å². The summed E-state index contributed by atoms with van der Waals surface area (Å²) in [4.78, 5) is 18.0. The van der Waals surface area contributed by atoms with Crippen molar-refractivity contribution in [2.45, 2.75) is 52.4 Å². The van der Waals surface area contributed by atoms with E-state index in [0.717, 1.165) is 11.1 Å². The van der Waals surface area contributed by atoms with Gasteiger partial charge in [0, 0.05) is 5.56 Å². The molecule has 0 unspecified atom stereocenters. The minimum absolute atomic E-state index is 0. The van der Waals surface area contributed by atoms with Crippen LogP contribution in [0.4, 0.5) is 0 Å². The second kappa shape index (κ2) is 9.45. The van der Waals surface area contributed by atoms with Crippen LogP contribution in [0.15, 0.2) is 18.2 Å². The van der Waals surface area contributed by atoms with Gasteiger partial charge in [0.1, 0.15) is 5.75 Å². The molecule has 0 radical (unpaired) electrons. The third-order valence-electron chi connectivity index (χ3n) is 2.87. The maximum Gasteiger partial charge on any atom is 1.00 e. The second-order valence-electron chi connectivity index (χ2n) is 6.79. The summed E-state index contributed by atoms with van der Waals surface area (Å²) in [7, 11) is -4.54. The van der Waals surface area contributed by atoms with E-state index in [4.69, 9.17) is 14.3 Å². The van der Waals surface area contributed by atoms with Crippen molar-refractivity contribution >= 4 is 7.82 Å². The Hall–Kier alpha value is 0.962. The Kier molecular flexibility index (Phi) is 11.9. The normalized spacial score (nSPS) is 11.6. The molecule has 0 saturated carbocycles. The molecule has 1 rings (SSSR count). The molecule has 1 aromatic carbocycles. The van der Waals surface area contributed by atoms with Crippen molar-refractivity contribution < 1.29 is 79.7 Å². The summed E-state index contributed by atoms with van der Waals surface area (Å²) in [5.74, 6) is 0.244. The van der Waals surface area contributed by atoms with Crippen LogP contribution in [0.3, 0.4) is 0 Å². The van der Waals surface area contributed by atoms with E-state index in [0.29, 0.717) is 0 Å². The Morgan fingerprint density at radius 1 is 0.955 bits per heavy atom. The van der Waals surface area contributed by atoms with E-state index in [9.17, 15) is 4.57 Å². The van der Waals surface area contributed by atoms with E-state index < -0.39 is 7.82 Å². The maximum atomic E-state index is 11.0.